The fourth-order valence-electron chi connectivity index (χ4n) is 2.77. The van der Waals surface area contributed by atoms with E-state index in [1.807, 2.05) is 13.0 Å². The fraction of sp³-hybridized carbons (Fsp3) is 0.500. The first kappa shape index (κ1) is 13.2. The monoisotopic (exact) mass is 273 g/mol. The van der Waals surface area contributed by atoms with Gasteiger partial charge in [0, 0.05) is 18.0 Å². The highest BCUT2D eigenvalue weighted by atomic mass is 16.4. The van der Waals surface area contributed by atoms with Gasteiger partial charge in [-0.2, -0.15) is 0 Å². The molecule has 4 heteroatoms. The molecule has 1 aliphatic rings. The maximum Gasteiger partial charge on any atom is 0.419 e. The molecule has 1 atom stereocenters. The van der Waals surface area contributed by atoms with E-state index in [9.17, 15) is 9.59 Å². The average Bonchev–Trinajstić information content (AvgIpc) is 2.92. The van der Waals surface area contributed by atoms with Crippen molar-refractivity contribution in [2.75, 3.05) is 0 Å². The van der Waals surface area contributed by atoms with E-state index in [1.54, 1.807) is 16.7 Å². The van der Waals surface area contributed by atoms with Crippen molar-refractivity contribution in [1.82, 2.24) is 4.57 Å². The second kappa shape index (κ2) is 4.33. The summed E-state index contributed by atoms with van der Waals surface area (Å²) < 4.78 is 6.87. The summed E-state index contributed by atoms with van der Waals surface area (Å²) in [6.45, 7) is 6.85. The zero-order valence-corrected chi connectivity index (χ0v) is 12.1. The van der Waals surface area contributed by atoms with Gasteiger partial charge in [0.15, 0.2) is 11.4 Å². The third kappa shape index (κ3) is 1.99. The largest absolute Gasteiger partial charge is 0.419 e. The predicted molar refractivity (Wildman–Crippen MR) is 77.0 cm³/mol. The van der Waals surface area contributed by atoms with E-state index in [0.717, 1.165) is 18.4 Å². The molecule has 1 heterocycles. The lowest BCUT2D eigenvalue weighted by Gasteiger charge is -2.03. The van der Waals surface area contributed by atoms with Crippen molar-refractivity contribution < 1.29 is 9.21 Å². The molecule has 1 fully saturated rings. The first-order chi connectivity index (χ1) is 9.44. The molecule has 106 valence electrons. The summed E-state index contributed by atoms with van der Waals surface area (Å²) in [4.78, 5) is 24.1. The topological polar surface area (TPSA) is 52.2 Å². The van der Waals surface area contributed by atoms with Crippen molar-refractivity contribution in [3.8, 4) is 0 Å². The van der Waals surface area contributed by atoms with Gasteiger partial charge in [-0.1, -0.05) is 20.8 Å². The Balaban J connectivity index is 2.00. The van der Waals surface area contributed by atoms with Crippen LogP contribution in [-0.4, -0.2) is 10.4 Å². The first-order valence-electron chi connectivity index (χ1n) is 7.11. The number of oxazole rings is 1. The second-order valence-corrected chi connectivity index (χ2v) is 6.31. The van der Waals surface area contributed by atoms with Gasteiger partial charge in [0.25, 0.3) is 0 Å². The van der Waals surface area contributed by atoms with Gasteiger partial charge in [-0.25, -0.2) is 4.79 Å². The molecule has 0 spiro atoms. The molecule has 0 aliphatic heterocycles. The highest BCUT2D eigenvalue weighted by molar-refractivity contribution is 6.02. The summed E-state index contributed by atoms with van der Waals surface area (Å²) in [7, 11) is 0. The minimum absolute atomic E-state index is 0.101. The van der Waals surface area contributed by atoms with E-state index in [-0.39, 0.29) is 22.9 Å². The third-order valence-corrected chi connectivity index (χ3v) is 4.23. The number of carbonyl (C=O) groups excluding carboxylic acids is 1. The van der Waals surface area contributed by atoms with Crippen molar-refractivity contribution in [1.29, 1.82) is 0 Å². The lowest BCUT2D eigenvalue weighted by molar-refractivity contribution is 0.0953. The van der Waals surface area contributed by atoms with Crippen LogP contribution in [0.1, 0.15) is 44.0 Å². The molecule has 3 rings (SSSR count). The Morgan fingerprint density at radius 2 is 2.15 bits per heavy atom. The number of carbonyl (C=O) groups is 1. The zero-order valence-electron chi connectivity index (χ0n) is 12.1. The van der Waals surface area contributed by atoms with Crippen LogP contribution >= 0.6 is 0 Å². The molecule has 2 aromatic rings. The molecule has 1 saturated carbocycles. The molecular formula is C16H19NO3. The molecule has 20 heavy (non-hydrogen) atoms. The molecule has 0 radical (unpaired) electrons. The number of ketones is 1. The van der Waals surface area contributed by atoms with Gasteiger partial charge in [-0.3, -0.25) is 9.36 Å². The van der Waals surface area contributed by atoms with Gasteiger partial charge in [-0.15, -0.1) is 0 Å². The van der Waals surface area contributed by atoms with Crippen molar-refractivity contribution in [2.24, 2.45) is 11.3 Å². The van der Waals surface area contributed by atoms with Crippen LogP contribution in [0.2, 0.25) is 0 Å². The number of benzene rings is 1. The third-order valence-electron chi connectivity index (χ3n) is 4.23. The Labute approximate surface area is 117 Å². The van der Waals surface area contributed by atoms with Crippen LogP contribution in [-0.2, 0) is 6.54 Å². The van der Waals surface area contributed by atoms with E-state index in [2.05, 4.69) is 13.8 Å². The summed E-state index contributed by atoms with van der Waals surface area (Å²) in [5.41, 5.74) is 2.03. The minimum atomic E-state index is -0.349. The van der Waals surface area contributed by atoms with Crippen molar-refractivity contribution in [3.63, 3.8) is 0 Å². The smallest absolute Gasteiger partial charge is 0.408 e. The molecule has 0 bridgehead atoms. The van der Waals surface area contributed by atoms with E-state index in [4.69, 9.17) is 4.42 Å². The Kier molecular flexibility index (Phi) is 2.85. The first-order valence-corrected chi connectivity index (χ1v) is 7.11. The molecule has 0 N–H and O–H groups in total. The van der Waals surface area contributed by atoms with Crippen LogP contribution < -0.4 is 5.76 Å². The van der Waals surface area contributed by atoms with Crippen LogP contribution in [0.3, 0.4) is 0 Å². The molecule has 0 saturated heterocycles. The van der Waals surface area contributed by atoms with Crippen molar-refractivity contribution >= 4 is 16.9 Å². The number of Topliss-reactive ketones (excluding diaryl/α,β-unsaturated/α-hetero) is 1. The van der Waals surface area contributed by atoms with Gasteiger partial charge in [0.1, 0.15) is 0 Å². The Morgan fingerprint density at radius 1 is 1.45 bits per heavy atom. The molecule has 1 aromatic carbocycles. The number of rotatable bonds is 4. The molecule has 1 unspecified atom stereocenters. The van der Waals surface area contributed by atoms with Gasteiger partial charge in [0.05, 0.1) is 5.52 Å². The number of nitrogens with zero attached hydrogens (tertiary/aromatic N) is 1. The van der Waals surface area contributed by atoms with Crippen LogP contribution in [0.25, 0.3) is 11.1 Å². The van der Waals surface area contributed by atoms with E-state index >= 15 is 0 Å². The minimum Gasteiger partial charge on any atom is -0.408 e. The maximum atomic E-state index is 12.4. The average molecular weight is 273 g/mol. The molecule has 1 aromatic heterocycles. The Morgan fingerprint density at radius 3 is 2.75 bits per heavy atom. The summed E-state index contributed by atoms with van der Waals surface area (Å²) in [5, 5.41) is 0. The molecular weight excluding hydrogens is 254 g/mol. The maximum absolute atomic E-state index is 12.4. The highest BCUT2D eigenvalue weighted by Gasteiger charge is 2.50. The Hall–Kier alpha value is -1.84. The number of aromatic nitrogens is 1. The second-order valence-electron chi connectivity index (χ2n) is 6.31. The van der Waals surface area contributed by atoms with Gasteiger partial charge in [-0.05, 0) is 36.5 Å². The SMILES string of the molecule is CCCn1c(=O)oc2cc(C(=O)C3CC3(C)C)ccc21. The predicted octanol–water partition coefficient (Wildman–Crippen LogP) is 3.23. The highest BCUT2D eigenvalue weighted by Crippen LogP contribution is 2.53. The fourth-order valence-corrected chi connectivity index (χ4v) is 2.77. The number of hydrogen-bond donors (Lipinski definition) is 0. The van der Waals surface area contributed by atoms with Crippen LogP contribution in [0.4, 0.5) is 0 Å². The van der Waals surface area contributed by atoms with Crippen molar-refractivity contribution in [3.05, 3.63) is 34.3 Å². The summed E-state index contributed by atoms with van der Waals surface area (Å²) in [5.74, 6) is -0.0922. The lowest BCUT2D eigenvalue weighted by Crippen LogP contribution is -2.13. The Bertz CT molecular complexity index is 736. The molecule has 1 aliphatic carbocycles. The zero-order chi connectivity index (χ0) is 14.5. The normalized spacial score (nSPS) is 20.2. The van der Waals surface area contributed by atoms with Gasteiger partial charge < -0.3 is 4.42 Å². The summed E-state index contributed by atoms with van der Waals surface area (Å²) in [6, 6.07) is 5.33. The molecule has 4 nitrogen and oxygen atoms in total. The summed E-state index contributed by atoms with van der Waals surface area (Å²) in [6.07, 6.45) is 1.80. The quantitative estimate of drug-likeness (QED) is 0.804. The lowest BCUT2D eigenvalue weighted by atomic mass is 10.0. The van der Waals surface area contributed by atoms with E-state index < -0.39 is 0 Å². The van der Waals surface area contributed by atoms with E-state index in [1.165, 1.54) is 0 Å². The number of aryl methyl sites for hydroxylation is 1. The van der Waals surface area contributed by atoms with E-state index in [0.29, 0.717) is 17.7 Å². The standard InChI is InChI=1S/C16H19NO3/c1-4-7-17-12-6-5-10(8-13(12)20-15(17)19)14(18)11-9-16(11,2)3/h5-6,8,11H,4,7,9H2,1-3H3. The van der Waals surface area contributed by atoms with Crippen LogP contribution in [0.5, 0.6) is 0 Å². The number of fused-ring (bicyclic) bond motifs is 1. The summed E-state index contributed by atoms with van der Waals surface area (Å²) >= 11 is 0. The number of hydrogen-bond acceptors (Lipinski definition) is 3. The van der Waals surface area contributed by atoms with Crippen LogP contribution in [0, 0.1) is 11.3 Å². The van der Waals surface area contributed by atoms with Gasteiger partial charge in [0.2, 0.25) is 0 Å². The van der Waals surface area contributed by atoms with Gasteiger partial charge >= 0.3 is 5.76 Å². The molecule has 0 amide bonds. The van der Waals surface area contributed by atoms with Crippen LogP contribution in [0.15, 0.2) is 27.4 Å². The van der Waals surface area contributed by atoms with Crippen molar-refractivity contribution in [2.45, 2.75) is 40.2 Å².